The van der Waals surface area contributed by atoms with Crippen LogP contribution in [0.1, 0.15) is 30.9 Å². The molecule has 1 aliphatic rings. The lowest BCUT2D eigenvalue weighted by Gasteiger charge is -2.37. The normalized spacial score (nSPS) is 19.5. The number of carboxylic acid groups (broad SMARTS) is 1. The molecule has 8 heteroatoms. The van der Waals surface area contributed by atoms with Crippen molar-refractivity contribution in [1.29, 1.82) is 0 Å². The Hall–Kier alpha value is -2.32. The van der Waals surface area contributed by atoms with Gasteiger partial charge in [-0.3, -0.25) is 9.78 Å². The number of nitrogens with zero attached hydrogens (tertiary/aromatic N) is 2. The fourth-order valence-electron chi connectivity index (χ4n) is 4.83. The summed E-state index contributed by atoms with van der Waals surface area (Å²) >= 11 is 7.94. The molecule has 35 heavy (non-hydrogen) atoms. The number of hydrogen-bond acceptors (Lipinski definition) is 6. The van der Waals surface area contributed by atoms with Crippen molar-refractivity contribution in [2.75, 3.05) is 32.5 Å². The van der Waals surface area contributed by atoms with Crippen LogP contribution >= 0.6 is 23.4 Å². The Balaban J connectivity index is 1.34. The van der Waals surface area contributed by atoms with Gasteiger partial charge in [0.2, 0.25) is 0 Å². The van der Waals surface area contributed by atoms with E-state index in [-0.39, 0.29) is 5.92 Å². The standard InChI is InChI=1S/C27H31ClN2O4S/c1-34-19-7-8-24-21(16-19)20(10-12-29-24)25(31)9-6-18-11-13-30(17-22(18)27(32)33)14-15-35-26-5-3-2-4-23(26)28/h2-5,7-8,10,12,16,18,22,25,31H,6,9,11,13-15,17H2,1H3,(H,32,33)/t18-,22+,25+/m1/s1. The van der Waals surface area contributed by atoms with Crippen LogP contribution < -0.4 is 4.74 Å². The number of aromatic nitrogens is 1. The molecule has 6 nitrogen and oxygen atoms in total. The highest BCUT2D eigenvalue weighted by atomic mass is 35.5. The molecule has 2 N–H and O–H groups in total. The van der Waals surface area contributed by atoms with Gasteiger partial charge in [-0.2, -0.15) is 0 Å². The van der Waals surface area contributed by atoms with Crippen molar-refractivity contribution in [3.63, 3.8) is 0 Å². The number of aliphatic hydroxyl groups excluding tert-OH is 1. The minimum absolute atomic E-state index is 0.0391. The zero-order chi connectivity index (χ0) is 24.8. The Kier molecular flexibility index (Phi) is 8.89. The Bertz CT molecular complexity index is 1160. The zero-order valence-corrected chi connectivity index (χ0v) is 21.3. The van der Waals surface area contributed by atoms with Gasteiger partial charge in [0, 0.05) is 35.3 Å². The summed E-state index contributed by atoms with van der Waals surface area (Å²) in [5, 5.41) is 22.5. The van der Waals surface area contributed by atoms with E-state index in [2.05, 4.69) is 9.88 Å². The predicted octanol–water partition coefficient (Wildman–Crippen LogP) is 5.53. The molecule has 3 aromatic rings. The first-order valence-electron chi connectivity index (χ1n) is 11.9. The molecule has 0 unspecified atom stereocenters. The molecule has 1 aromatic heterocycles. The molecule has 0 bridgehead atoms. The lowest BCUT2D eigenvalue weighted by atomic mass is 9.81. The van der Waals surface area contributed by atoms with Crippen LogP contribution in [0.4, 0.5) is 0 Å². The van der Waals surface area contributed by atoms with Crippen molar-refractivity contribution < 1.29 is 19.7 Å². The highest BCUT2D eigenvalue weighted by Gasteiger charge is 2.34. The summed E-state index contributed by atoms with van der Waals surface area (Å²) in [5.41, 5.74) is 1.60. The molecular weight excluding hydrogens is 484 g/mol. The van der Waals surface area contributed by atoms with Crippen LogP contribution in [0.3, 0.4) is 0 Å². The average Bonchev–Trinajstić information content (AvgIpc) is 2.88. The van der Waals surface area contributed by atoms with Gasteiger partial charge in [-0.15, -0.1) is 11.8 Å². The first-order chi connectivity index (χ1) is 17.0. The molecule has 2 heterocycles. The SMILES string of the molecule is COc1ccc2nccc([C@@H](O)CC[C@@H]3CCN(CCSc4ccccc4Cl)C[C@@H]3C(=O)O)c2c1. The van der Waals surface area contributed by atoms with Crippen LogP contribution in [-0.2, 0) is 4.79 Å². The number of carboxylic acids is 1. The number of pyridine rings is 1. The van der Waals surface area contributed by atoms with Crippen LogP contribution in [0.25, 0.3) is 10.9 Å². The predicted molar refractivity (Wildman–Crippen MR) is 140 cm³/mol. The fourth-order valence-corrected chi connectivity index (χ4v) is 6.08. The van der Waals surface area contributed by atoms with Gasteiger partial charge in [-0.25, -0.2) is 0 Å². The van der Waals surface area contributed by atoms with Gasteiger partial charge in [-0.05, 0) is 73.7 Å². The maximum absolute atomic E-state index is 12.1. The summed E-state index contributed by atoms with van der Waals surface area (Å²) in [4.78, 5) is 19.7. The highest BCUT2D eigenvalue weighted by Crippen LogP contribution is 2.34. The number of rotatable bonds is 10. The average molecular weight is 515 g/mol. The van der Waals surface area contributed by atoms with Gasteiger partial charge < -0.3 is 19.8 Å². The van der Waals surface area contributed by atoms with Crippen LogP contribution in [0, 0.1) is 11.8 Å². The van der Waals surface area contributed by atoms with E-state index in [1.165, 1.54) is 0 Å². The Morgan fingerprint density at radius 1 is 1.29 bits per heavy atom. The fraction of sp³-hybridized carbons (Fsp3) is 0.407. The number of aliphatic carboxylic acids is 1. The maximum Gasteiger partial charge on any atom is 0.308 e. The molecule has 0 radical (unpaired) electrons. The molecular formula is C27H31ClN2O4S. The van der Waals surface area contributed by atoms with E-state index in [1.54, 1.807) is 25.1 Å². The molecule has 3 atom stereocenters. The van der Waals surface area contributed by atoms with Crippen molar-refractivity contribution in [3.05, 3.63) is 65.3 Å². The minimum atomic E-state index is -0.757. The van der Waals surface area contributed by atoms with Gasteiger partial charge in [-0.1, -0.05) is 23.7 Å². The number of aliphatic hydroxyl groups is 1. The number of benzene rings is 2. The van der Waals surface area contributed by atoms with Gasteiger partial charge in [0.05, 0.1) is 29.7 Å². The van der Waals surface area contributed by atoms with Gasteiger partial charge in [0.1, 0.15) is 5.75 Å². The summed E-state index contributed by atoms with van der Waals surface area (Å²) in [6.07, 6.45) is 2.99. The monoisotopic (exact) mass is 514 g/mol. The molecule has 0 saturated carbocycles. The van der Waals surface area contributed by atoms with E-state index in [0.29, 0.717) is 25.1 Å². The smallest absolute Gasteiger partial charge is 0.308 e. The number of fused-ring (bicyclic) bond motifs is 1. The van der Waals surface area contributed by atoms with E-state index < -0.39 is 18.0 Å². The van der Waals surface area contributed by atoms with Crippen LogP contribution in [-0.4, -0.2) is 58.6 Å². The van der Waals surface area contributed by atoms with Crippen LogP contribution in [0.15, 0.2) is 59.6 Å². The van der Waals surface area contributed by atoms with Gasteiger partial charge in [0.25, 0.3) is 0 Å². The lowest BCUT2D eigenvalue weighted by Crippen LogP contribution is -2.44. The van der Waals surface area contributed by atoms with E-state index in [9.17, 15) is 15.0 Å². The summed E-state index contributed by atoms with van der Waals surface area (Å²) in [5.74, 6) is 0.419. The quantitative estimate of drug-likeness (QED) is 0.344. The number of thioether (sulfide) groups is 1. The molecule has 2 aromatic carbocycles. The molecule has 1 fully saturated rings. The van der Waals surface area contributed by atoms with Crippen molar-refractivity contribution in [2.24, 2.45) is 11.8 Å². The molecule has 0 spiro atoms. The molecule has 1 saturated heterocycles. The molecule has 0 aliphatic carbocycles. The molecule has 0 amide bonds. The van der Waals surface area contributed by atoms with Crippen LogP contribution in [0.2, 0.25) is 5.02 Å². The number of halogens is 1. The minimum Gasteiger partial charge on any atom is -0.497 e. The maximum atomic E-state index is 12.1. The number of likely N-dealkylation sites (tertiary alicyclic amines) is 1. The van der Waals surface area contributed by atoms with E-state index >= 15 is 0 Å². The number of ether oxygens (including phenoxy) is 1. The Morgan fingerprint density at radius 3 is 2.89 bits per heavy atom. The second-order valence-electron chi connectivity index (χ2n) is 8.95. The number of piperidine rings is 1. The first-order valence-corrected chi connectivity index (χ1v) is 13.3. The van der Waals surface area contributed by atoms with E-state index in [4.69, 9.17) is 16.3 Å². The second kappa shape index (κ2) is 12.1. The Labute approximate surface area is 215 Å². The van der Waals surface area contributed by atoms with Crippen molar-refractivity contribution in [2.45, 2.75) is 30.3 Å². The number of hydrogen-bond donors (Lipinski definition) is 2. The second-order valence-corrected chi connectivity index (χ2v) is 10.5. The largest absolute Gasteiger partial charge is 0.497 e. The van der Waals surface area contributed by atoms with E-state index in [0.717, 1.165) is 51.6 Å². The highest BCUT2D eigenvalue weighted by molar-refractivity contribution is 7.99. The third kappa shape index (κ3) is 6.47. The molecule has 186 valence electrons. The summed E-state index contributed by atoms with van der Waals surface area (Å²) in [6.45, 7) is 2.22. The summed E-state index contributed by atoms with van der Waals surface area (Å²) < 4.78 is 5.33. The molecule has 4 rings (SSSR count). The van der Waals surface area contributed by atoms with Crippen molar-refractivity contribution >= 4 is 40.2 Å². The van der Waals surface area contributed by atoms with Crippen molar-refractivity contribution in [3.8, 4) is 5.75 Å². The summed E-state index contributed by atoms with van der Waals surface area (Å²) in [6, 6.07) is 15.2. The van der Waals surface area contributed by atoms with E-state index in [1.807, 2.05) is 48.5 Å². The number of methoxy groups -OCH3 is 1. The first kappa shape index (κ1) is 25.8. The summed E-state index contributed by atoms with van der Waals surface area (Å²) in [7, 11) is 1.61. The van der Waals surface area contributed by atoms with Crippen molar-refractivity contribution in [1.82, 2.24) is 9.88 Å². The lowest BCUT2D eigenvalue weighted by molar-refractivity contribution is -0.146. The topological polar surface area (TPSA) is 82.9 Å². The number of carbonyl (C=O) groups is 1. The van der Waals surface area contributed by atoms with Crippen LogP contribution in [0.5, 0.6) is 5.75 Å². The third-order valence-electron chi connectivity index (χ3n) is 6.81. The third-order valence-corrected chi connectivity index (χ3v) is 8.31. The Morgan fingerprint density at radius 2 is 2.11 bits per heavy atom. The zero-order valence-electron chi connectivity index (χ0n) is 19.8. The van der Waals surface area contributed by atoms with Gasteiger partial charge >= 0.3 is 5.97 Å². The van der Waals surface area contributed by atoms with Gasteiger partial charge in [0.15, 0.2) is 0 Å². The molecule has 1 aliphatic heterocycles.